The predicted molar refractivity (Wildman–Crippen MR) is 206 cm³/mol. The Morgan fingerprint density at radius 1 is 0.547 bits per heavy atom. The number of epoxide rings is 1. The van der Waals surface area contributed by atoms with Crippen molar-refractivity contribution in [2.24, 2.45) is 4.52 Å². The van der Waals surface area contributed by atoms with E-state index in [0.29, 0.717) is 41.1 Å². The SMILES string of the molecule is c1ccc(ON2P(Oc3ccccc3)(Oc3ccccc3)=NPN(OCC3CO3)P2(Oc2ccccc2)(Oc2ccccc2)Oc2ccccc2)cc1. The Morgan fingerprint density at radius 3 is 1.28 bits per heavy atom. The zero-order valence-corrected chi connectivity index (χ0v) is 31.1. The van der Waals surface area contributed by atoms with Gasteiger partial charge in [-0.25, -0.2) is 0 Å². The minimum absolute atomic E-state index is 0.151. The predicted octanol–water partition coefficient (Wildman–Crippen LogP) is 10.9. The second kappa shape index (κ2) is 15.6. The van der Waals surface area contributed by atoms with Crippen LogP contribution in [0, 0.1) is 0 Å². The molecule has 0 spiro atoms. The molecule has 0 amide bonds. The number of benzene rings is 6. The van der Waals surface area contributed by atoms with Crippen molar-refractivity contribution in [1.82, 2.24) is 9.21 Å². The van der Waals surface area contributed by atoms with Gasteiger partial charge in [-0.3, -0.25) is 0 Å². The van der Waals surface area contributed by atoms with Crippen LogP contribution >= 0.6 is 24.1 Å². The maximum absolute atomic E-state index is 7.38. The molecule has 0 bridgehead atoms. The van der Waals surface area contributed by atoms with Crippen LogP contribution in [0.5, 0.6) is 34.5 Å². The Morgan fingerprint density at radius 2 is 0.906 bits per heavy atom. The van der Waals surface area contributed by atoms with Crippen LogP contribution in [-0.2, 0) is 9.57 Å². The number of ether oxygens (including phenoxy) is 1. The van der Waals surface area contributed by atoms with Crippen LogP contribution in [0.2, 0.25) is 0 Å². The molecule has 0 N–H and O–H groups in total. The van der Waals surface area contributed by atoms with Crippen LogP contribution < -0.4 is 27.5 Å². The van der Waals surface area contributed by atoms with Gasteiger partial charge in [-0.2, -0.15) is 0 Å². The van der Waals surface area contributed by atoms with Crippen molar-refractivity contribution >= 4 is 24.1 Å². The van der Waals surface area contributed by atoms with Gasteiger partial charge in [0.05, 0.1) is 0 Å². The molecular formula is C39H36N3O8P3. The fraction of sp³-hybridized carbons (Fsp3) is 0.0769. The van der Waals surface area contributed by atoms with E-state index in [9.17, 15) is 0 Å². The first-order chi connectivity index (χ1) is 26.1. The molecule has 2 heterocycles. The third-order valence-corrected chi connectivity index (χ3v) is 16.6. The van der Waals surface area contributed by atoms with Gasteiger partial charge in [0.2, 0.25) is 0 Å². The molecule has 2 aliphatic rings. The van der Waals surface area contributed by atoms with Crippen molar-refractivity contribution in [2.75, 3.05) is 13.2 Å². The van der Waals surface area contributed by atoms with E-state index >= 15 is 0 Å². The quantitative estimate of drug-likeness (QED) is 0.0742. The van der Waals surface area contributed by atoms with Crippen molar-refractivity contribution in [3.63, 3.8) is 0 Å². The van der Waals surface area contributed by atoms with Gasteiger partial charge < -0.3 is 0 Å². The molecule has 0 radical (unpaired) electrons. The molecule has 14 heteroatoms. The third-order valence-electron chi connectivity index (χ3n) is 7.73. The fourth-order valence-corrected chi connectivity index (χ4v) is 15.0. The first-order valence-corrected chi connectivity index (χ1v) is 21.2. The zero-order chi connectivity index (χ0) is 35.8. The van der Waals surface area contributed by atoms with Gasteiger partial charge in [-0.1, -0.05) is 0 Å². The molecule has 2 atom stereocenters. The van der Waals surface area contributed by atoms with E-state index in [4.69, 9.17) is 41.5 Å². The Kier molecular flexibility index (Phi) is 10.3. The van der Waals surface area contributed by atoms with E-state index in [0.717, 1.165) is 0 Å². The Bertz CT molecular complexity index is 1970. The molecule has 53 heavy (non-hydrogen) atoms. The van der Waals surface area contributed by atoms with Crippen molar-refractivity contribution < 1.29 is 37.0 Å². The minimum atomic E-state index is -5.55. The van der Waals surface area contributed by atoms with Crippen molar-refractivity contribution in [3.05, 3.63) is 182 Å². The Hall–Kier alpha value is -4.95. The number of rotatable bonds is 15. The van der Waals surface area contributed by atoms with Gasteiger partial charge in [-0.05, 0) is 0 Å². The van der Waals surface area contributed by atoms with Crippen LogP contribution in [0.4, 0.5) is 0 Å². The molecule has 2 aliphatic heterocycles. The summed E-state index contributed by atoms with van der Waals surface area (Å²) in [6.45, 7) is 0.691. The Balaban J connectivity index is 1.47. The zero-order valence-electron chi connectivity index (χ0n) is 28.3. The number of nitrogens with zero attached hydrogens (tertiary/aromatic N) is 3. The summed E-state index contributed by atoms with van der Waals surface area (Å²) >= 11 is 0. The molecule has 1 fully saturated rings. The molecule has 6 aromatic rings. The number of para-hydroxylation sites is 6. The van der Waals surface area contributed by atoms with Crippen LogP contribution in [0.1, 0.15) is 0 Å². The van der Waals surface area contributed by atoms with Gasteiger partial charge in [0, 0.05) is 0 Å². The molecule has 6 aromatic carbocycles. The summed E-state index contributed by atoms with van der Waals surface area (Å²) in [6.07, 6.45) is -0.154. The van der Waals surface area contributed by atoms with E-state index in [2.05, 4.69) is 0 Å². The average molecular weight is 768 g/mol. The topological polar surface area (TPSA) is 96.0 Å². The molecular weight excluding hydrogens is 731 g/mol. The number of hydrogen-bond acceptors (Lipinski definition) is 11. The van der Waals surface area contributed by atoms with Crippen molar-refractivity contribution in [2.45, 2.75) is 6.10 Å². The molecule has 8 rings (SSSR count). The molecule has 270 valence electrons. The van der Waals surface area contributed by atoms with Crippen LogP contribution in [0.15, 0.2) is 187 Å². The summed E-state index contributed by atoms with van der Waals surface area (Å²) in [5, 5.41) is 0. The summed E-state index contributed by atoms with van der Waals surface area (Å²) in [7, 11) is -10.1. The van der Waals surface area contributed by atoms with E-state index < -0.39 is 24.1 Å². The summed E-state index contributed by atoms with van der Waals surface area (Å²) in [6, 6.07) is 55.5. The second-order valence-corrected chi connectivity index (χ2v) is 18.4. The van der Waals surface area contributed by atoms with Gasteiger partial charge in [0.15, 0.2) is 0 Å². The summed E-state index contributed by atoms with van der Waals surface area (Å²) in [5.41, 5.74) is 0. The molecule has 11 nitrogen and oxygen atoms in total. The van der Waals surface area contributed by atoms with Crippen LogP contribution in [0.25, 0.3) is 0 Å². The van der Waals surface area contributed by atoms with Gasteiger partial charge in [-0.15, -0.1) is 0 Å². The second-order valence-electron chi connectivity index (χ2n) is 11.7. The maximum atomic E-state index is 7.38. The molecule has 0 aliphatic carbocycles. The monoisotopic (exact) mass is 767 g/mol. The average Bonchev–Trinajstić information content (AvgIpc) is 4.04. The number of hydrogen-bond donors (Lipinski definition) is 0. The van der Waals surface area contributed by atoms with Crippen molar-refractivity contribution in [3.8, 4) is 34.5 Å². The third kappa shape index (κ3) is 7.74. The van der Waals surface area contributed by atoms with Crippen LogP contribution in [0.3, 0.4) is 0 Å². The standard InChI is InChI=1S/C39H36N3O8P3/c1-7-19-33(20-8-1)45-42-52(46-34-21-9-2-10-22-34,47-35-23-11-3-12-24-35)40-51-41(44-32-39-31-43-39)53(42,48-36-25-13-4-14-26-36,49-37-27-15-5-16-28-37)50-38-29-17-6-18-30-38/h1-30,39,51H,31-32H2. The van der Waals surface area contributed by atoms with Crippen LogP contribution in [-0.4, -0.2) is 28.5 Å². The van der Waals surface area contributed by atoms with Gasteiger partial charge >= 0.3 is 311 Å². The first-order valence-electron chi connectivity index (χ1n) is 16.8. The fourth-order valence-electron chi connectivity index (χ4n) is 5.23. The molecule has 2 unspecified atom stereocenters. The molecule has 0 aromatic heterocycles. The van der Waals surface area contributed by atoms with E-state index in [1.165, 1.54) is 9.21 Å². The molecule has 0 saturated carbocycles. The van der Waals surface area contributed by atoms with Gasteiger partial charge in [0.1, 0.15) is 0 Å². The summed E-state index contributed by atoms with van der Waals surface area (Å²) in [5.74, 6) is 2.49. The first kappa shape index (κ1) is 35.1. The Labute approximate surface area is 309 Å². The van der Waals surface area contributed by atoms with Crippen molar-refractivity contribution in [1.29, 1.82) is 0 Å². The van der Waals surface area contributed by atoms with Gasteiger partial charge in [0.25, 0.3) is 0 Å². The van der Waals surface area contributed by atoms with E-state index in [1.54, 1.807) is 12.1 Å². The molecule has 1 saturated heterocycles. The summed E-state index contributed by atoms with van der Waals surface area (Å²) < 4.78 is 50.0. The van der Waals surface area contributed by atoms with E-state index in [1.807, 2.05) is 170 Å². The summed E-state index contributed by atoms with van der Waals surface area (Å²) in [4.78, 5) is 13.8. The normalized spacial score (nSPS) is 19.7. The van der Waals surface area contributed by atoms with E-state index in [-0.39, 0.29) is 12.7 Å².